The molecule has 5 heteroatoms. The van der Waals surface area contributed by atoms with Crippen LogP contribution in [0.25, 0.3) is 0 Å². The monoisotopic (exact) mass is 158 g/mol. The maximum atomic E-state index is 11.3. The third-order valence-electron chi connectivity index (χ3n) is 0.647. The highest BCUT2D eigenvalue weighted by atomic mass is 19.4. The molecule has 10 heavy (non-hydrogen) atoms. The van der Waals surface area contributed by atoms with Crippen molar-refractivity contribution in [1.29, 1.82) is 0 Å². The standard InChI is InChI=1S/C5H3F5/c1-3(2-4(6)7)5(8,9)10/h2H,1H2. The summed E-state index contributed by atoms with van der Waals surface area (Å²) >= 11 is 0. The lowest BCUT2D eigenvalue weighted by Crippen LogP contribution is -2.08. The molecule has 0 aliphatic carbocycles. The summed E-state index contributed by atoms with van der Waals surface area (Å²) in [7, 11) is 0. The zero-order chi connectivity index (χ0) is 8.36. The molecule has 0 aromatic heterocycles. The molecule has 0 fully saturated rings. The van der Waals surface area contributed by atoms with E-state index in [0.29, 0.717) is 0 Å². The van der Waals surface area contributed by atoms with Gasteiger partial charge >= 0.3 is 6.18 Å². The van der Waals surface area contributed by atoms with Crippen LogP contribution in [-0.4, -0.2) is 6.18 Å². The van der Waals surface area contributed by atoms with E-state index >= 15 is 0 Å². The lowest BCUT2D eigenvalue weighted by molar-refractivity contribution is -0.0881. The molecule has 0 amide bonds. The van der Waals surface area contributed by atoms with Gasteiger partial charge in [-0.25, -0.2) is 0 Å². The fourth-order valence-corrected chi connectivity index (χ4v) is 0.214. The van der Waals surface area contributed by atoms with Crippen molar-refractivity contribution in [1.82, 2.24) is 0 Å². The van der Waals surface area contributed by atoms with E-state index in [0.717, 1.165) is 0 Å². The Morgan fingerprint density at radius 3 is 1.70 bits per heavy atom. The molecule has 0 aliphatic rings. The van der Waals surface area contributed by atoms with E-state index in [-0.39, 0.29) is 6.08 Å². The van der Waals surface area contributed by atoms with Gasteiger partial charge in [0.2, 0.25) is 0 Å². The van der Waals surface area contributed by atoms with Crippen molar-refractivity contribution in [2.75, 3.05) is 0 Å². The first-order chi connectivity index (χ1) is 4.34. The zero-order valence-corrected chi connectivity index (χ0v) is 4.67. The summed E-state index contributed by atoms with van der Waals surface area (Å²) in [6.45, 7) is 2.38. The molecule has 0 heterocycles. The first kappa shape index (κ1) is 9.13. The lowest BCUT2D eigenvalue weighted by atomic mass is 10.3. The summed E-state index contributed by atoms with van der Waals surface area (Å²) in [6, 6.07) is 0. The molecule has 0 aromatic rings. The Kier molecular flexibility index (Phi) is 2.56. The van der Waals surface area contributed by atoms with E-state index in [2.05, 4.69) is 6.58 Å². The minimum atomic E-state index is -4.76. The first-order valence-corrected chi connectivity index (χ1v) is 2.13. The van der Waals surface area contributed by atoms with Crippen LogP contribution >= 0.6 is 0 Å². The normalized spacial score (nSPS) is 10.9. The van der Waals surface area contributed by atoms with Crippen LogP contribution in [0.4, 0.5) is 22.0 Å². The number of alkyl halides is 3. The summed E-state index contributed by atoms with van der Waals surface area (Å²) in [6.07, 6.45) is -7.48. The van der Waals surface area contributed by atoms with Crippen LogP contribution < -0.4 is 0 Å². The summed E-state index contributed by atoms with van der Waals surface area (Å²) in [5.41, 5.74) is -1.55. The van der Waals surface area contributed by atoms with Crippen LogP contribution in [-0.2, 0) is 0 Å². The van der Waals surface area contributed by atoms with Gasteiger partial charge in [0.05, 0.1) is 5.57 Å². The summed E-state index contributed by atoms with van der Waals surface area (Å²) < 4.78 is 56.2. The molecule has 0 aliphatic heterocycles. The van der Waals surface area contributed by atoms with Crippen LogP contribution in [0.1, 0.15) is 0 Å². The highest BCUT2D eigenvalue weighted by Crippen LogP contribution is 2.25. The Morgan fingerprint density at radius 2 is 1.60 bits per heavy atom. The van der Waals surface area contributed by atoms with E-state index in [4.69, 9.17) is 0 Å². The second-order valence-electron chi connectivity index (χ2n) is 1.46. The molecule has 0 saturated carbocycles. The average molecular weight is 158 g/mol. The predicted octanol–water partition coefficient (Wildman–Crippen LogP) is 2.89. The number of hydrogen-bond donors (Lipinski definition) is 0. The van der Waals surface area contributed by atoms with Crippen molar-refractivity contribution >= 4 is 0 Å². The Labute approximate surface area is 53.6 Å². The predicted molar refractivity (Wildman–Crippen MR) is 25.5 cm³/mol. The van der Waals surface area contributed by atoms with E-state index in [9.17, 15) is 22.0 Å². The van der Waals surface area contributed by atoms with Crippen molar-refractivity contribution < 1.29 is 22.0 Å². The summed E-state index contributed by atoms with van der Waals surface area (Å²) in [4.78, 5) is 0. The van der Waals surface area contributed by atoms with Gasteiger partial charge in [-0.05, 0) is 0 Å². The lowest BCUT2D eigenvalue weighted by Gasteiger charge is -2.02. The van der Waals surface area contributed by atoms with Gasteiger partial charge in [-0.2, -0.15) is 22.0 Å². The molecule has 0 rings (SSSR count). The van der Waals surface area contributed by atoms with Crippen molar-refractivity contribution in [3.05, 3.63) is 24.3 Å². The second kappa shape index (κ2) is 2.81. The Balaban J connectivity index is 4.27. The van der Waals surface area contributed by atoms with Crippen molar-refractivity contribution in [2.24, 2.45) is 0 Å². The maximum absolute atomic E-state index is 11.3. The van der Waals surface area contributed by atoms with Gasteiger partial charge in [0.25, 0.3) is 6.08 Å². The summed E-state index contributed by atoms with van der Waals surface area (Å²) in [5.74, 6) is 0. The fourth-order valence-electron chi connectivity index (χ4n) is 0.214. The first-order valence-electron chi connectivity index (χ1n) is 2.13. The smallest absolute Gasteiger partial charge is 0.173 e. The van der Waals surface area contributed by atoms with Crippen LogP contribution in [0.5, 0.6) is 0 Å². The maximum Gasteiger partial charge on any atom is 0.416 e. The SMILES string of the molecule is C=C(C=C(F)F)C(F)(F)F. The molecule has 0 nitrogen and oxygen atoms in total. The summed E-state index contributed by atoms with van der Waals surface area (Å²) in [5, 5.41) is 0. The van der Waals surface area contributed by atoms with Crippen LogP contribution in [0.3, 0.4) is 0 Å². The zero-order valence-electron chi connectivity index (χ0n) is 4.67. The van der Waals surface area contributed by atoms with Gasteiger partial charge in [0, 0.05) is 6.08 Å². The largest absolute Gasteiger partial charge is 0.416 e. The molecule has 0 unspecified atom stereocenters. The van der Waals surface area contributed by atoms with Crippen LogP contribution in [0, 0.1) is 0 Å². The second-order valence-corrected chi connectivity index (χ2v) is 1.46. The van der Waals surface area contributed by atoms with Crippen molar-refractivity contribution in [3.63, 3.8) is 0 Å². The van der Waals surface area contributed by atoms with Gasteiger partial charge in [0.1, 0.15) is 0 Å². The van der Waals surface area contributed by atoms with E-state index in [1.807, 2.05) is 0 Å². The quantitative estimate of drug-likeness (QED) is 0.406. The Hall–Kier alpha value is -0.870. The van der Waals surface area contributed by atoms with E-state index in [1.54, 1.807) is 0 Å². The Bertz CT molecular complexity index is 159. The topological polar surface area (TPSA) is 0 Å². The molecule has 0 spiro atoms. The van der Waals surface area contributed by atoms with E-state index < -0.39 is 17.8 Å². The minimum absolute atomic E-state index is 0.319. The highest BCUT2D eigenvalue weighted by Gasteiger charge is 2.30. The van der Waals surface area contributed by atoms with E-state index in [1.165, 1.54) is 0 Å². The molecule has 0 bridgehead atoms. The van der Waals surface area contributed by atoms with Crippen molar-refractivity contribution in [3.8, 4) is 0 Å². The van der Waals surface area contributed by atoms with Crippen LogP contribution in [0.2, 0.25) is 0 Å². The fraction of sp³-hybridized carbons (Fsp3) is 0.200. The molecular weight excluding hydrogens is 155 g/mol. The van der Waals surface area contributed by atoms with Gasteiger partial charge in [-0.3, -0.25) is 0 Å². The third-order valence-corrected chi connectivity index (χ3v) is 0.647. The van der Waals surface area contributed by atoms with Gasteiger partial charge in [-0.1, -0.05) is 6.58 Å². The van der Waals surface area contributed by atoms with Crippen molar-refractivity contribution in [2.45, 2.75) is 6.18 Å². The molecule has 58 valence electrons. The van der Waals surface area contributed by atoms with Gasteiger partial charge < -0.3 is 0 Å². The number of halogens is 5. The number of rotatable bonds is 1. The molecule has 0 saturated heterocycles. The molecule has 0 atom stereocenters. The molecule has 0 N–H and O–H groups in total. The molecular formula is C5H3F5. The molecule has 0 aromatic carbocycles. The average Bonchev–Trinajstić information content (AvgIpc) is 1.60. The van der Waals surface area contributed by atoms with Gasteiger partial charge in [0.15, 0.2) is 0 Å². The third kappa shape index (κ3) is 3.21. The van der Waals surface area contributed by atoms with Crippen LogP contribution in [0.15, 0.2) is 24.3 Å². The molecule has 0 radical (unpaired) electrons. The highest BCUT2D eigenvalue weighted by molar-refractivity contribution is 5.19. The minimum Gasteiger partial charge on any atom is -0.173 e. The number of hydrogen-bond acceptors (Lipinski definition) is 0. The number of allylic oxidation sites excluding steroid dienone is 2. The van der Waals surface area contributed by atoms with Gasteiger partial charge in [-0.15, -0.1) is 0 Å². The Morgan fingerprint density at radius 1 is 1.20 bits per heavy atom.